The van der Waals surface area contributed by atoms with Crippen molar-refractivity contribution in [2.75, 3.05) is 13.1 Å². The fourth-order valence-corrected chi connectivity index (χ4v) is 3.28. The van der Waals surface area contributed by atoms with Crippen LogP contribution in [0.1, 0.15) is 49.7 Å². The predicted octanol–water partition coefficient (Wildman–Crippen LogP) is 3.42. The van der Waals surface area contributed by atoms with Crippen molar-refractivity contribution in [2.24, 2.45) is 5.92 Å². The first-order chi connectivity index (χ1) is 11.7. The number of nitrogens with zero attached hydrogens (tertiary/aromatic N) is 4. The standard InChI is InChI=1S/C17H21F3N4O/c1-10(2)16(25)23-6-4-12(5-7-23)13-9-15-21-11(3)8-14(17(18,19)20)24(15)22-13/h8-10,12H,4-7H2,1-3H3. The van der Waals surface area contributed by atoms with Crippen LogP contribution in [0.15, 0.2) is 12.1 Å². The second-order valence-electron chi connectivity index (χ2n) is 6.87. The first-order valence-electron chi connectivity index (χ1n) is 8.40. The number of rotatable bonds is 2. The minimum atomic E-state index is -4.48. The van der Waals surface area contributed by atoms with Crippen molar-refractivity contribution in [3.8, 4) is 0 Å². The van der Waals surface area contributed by atoms with Gasteiger partial charge < -0.3 is 4.90 Å². The van der Waals surface area contributed by atoms with Gasteiger partial charge in [0.15, 0.2) is 5.65 Å². The molecule has 0 N–H and O–H groups in total. The van der Waals surface area contributed by atoms with Crippen molar-refractivity contribution in [1.82, 2.24) is 19.5 Å². The van der Waals surface area contributed by atoms with E-state index in [1.54, 1.807) is 6.07 Å². The minimum absolute atomic E-state index is 0.0410. The second kappa shape index (κ2) is 6.31. The van der Waals surface area contributed by atoms with E-state index in [1.807, 2.05) is 18.7 Å². The first-order valence-corrected chi connectivity index (χ1v) is 8.40. The number of likely N-dealkylation sites (tertiary alicyclic amines) is 1. The molecule has 0 aromatic carbocycles. The Balaban J connectivity index is 1.85. The van der Waals surface area contributed by atoms with Gasteiger partial charge in [0.2, 0.25) is 5.91 Å². The highest BCUT2D eigenvalue weighted by Gasteiger charge is 2.35. The maximum atomic E-state index is 13.2. The van der Waals surface area contributed by atoms with Crippen LogP contribution in [0.25, 0.3) is 5.65 Å². The van der Waals surface area contributed by atoms with Crippen LogP contribution < -0.4 is 0 Å². The number of aromatic nitrogens is 3. The van der Waals surface area contributed by atoms with Gasteiger partial charge >= 0.3 is 6.18 Å². The molecule has 2 aromatic heterocycles. The normalized spacial score (nSPS) is 16.8. The quantitative estimate of drug-likeness (QED) is 0.830. The monoisotopic (exact) mass is 354 g/mol. The number of fused-ring (bicyclic) bond motifs is 1. The maximum Gasteiger partial charge on any atom is 0.433 e. The molecular formula is C17H21F3N4O. The van der Waals surface area contributed by atoms with Crippen LogP contribution in [0.2, 0.25) is 0 Å². The van der Waals surface area contributed by atoms with Crippen LogP contribution in [0, 0.1) is 12.8 Å². The van der Waals surface area contributed by atoms with E-state index in [4.69, 9.17) is 0 Å². The van der Waals surface area contributed by atoms with Gasteiger partial charge in [0.05, 0.1) is 5.69 Å². The zero-order chi connectivity index (χ0) is 18.4. The third-order valence-corrected chi connectivity index (χ3v) is 4.58. The minimum Gasteiger partial charge on any atom is -0.342 e. The number of hydrogen-bond acceptors (Lipinski definition) is 3. The van der Waals surface area contributed by atoms with Gasteiger partial charge in [-0.1, -0.05) is 13.8 Å². The van der Waals surface area contributed by atoms with E-state index in [1.165, 1.54) is 6.92 Å². The molecule has 0 atom stereocenters. The summed E-state index contributed by atoms with van der Waals surface area (Å²) < 4.78 is 40.6. The van der Waals surface area contributed by atoms with E-state index in [0.717, 1.165) is 10.6 Å². The Morgan fingerprint density at radius 1 is 1.24 bits per heavy atom. The van der Waals surface area contributed by atoms with E-state index in [2.05, 4.69) is 10.1 Å². The third kappa shape index (κ3) is 3.48. The summed E-state index contributed by atoms with van der Waals surface area (Å²) in [6.45, 7) is 6.48. The Labute approximate surface area is 143 Å². The van der Waals surface area contributed by atoms with Crippen molar-refractivity contribution in [2.45, 2.75) is 45.7 Å². The number of aryl methyl sites for hydroxylation is 1. The predicted molar refractivity (Wildman–Crippen MR) is 86.1 cm³/mol. The van der Waals surface area contributed by atoms with E-state index < -0.39 is 11.9 Å². The zero-order valence-corrected chi connectivity index (χ0v) is 14.5. The molecule has 1 aliphatic heterocycles. The average Bonchev–Trinajstić information content (AvgIpc) is 2.96. The molecule has 136 valence electrons. The van der Waals surface area contributed by atoms with E-state index in [0.29, 0.717) is 37.3 Å². The fraction of sp³-hybridized carbons (Fsp3) is 0.588. The van der Waals surface area contributed by atoms with Gasteiger partial charge in [-0.05, 0) is 25.8 Å². The lowest BCUT2D eigenvalue weighted by atomic mass is 9.93. The molecule has 0 aliphatic carbocycles. The van der Waals surface area contributed by atoms with Crippen molar-refractivity contribution in [3.63, 3.8) is 0 Å². The van der Waals surface area contributed by atoms with Crippen LogP contribution in [0.5, 0.6) is 0 Å². The highest BCUT2D eigenvalue weighted by molar-refractivity contribution is 5.78. The van der Waals surface area contributed by atoms with Gasteiger partial charge in [-0.2, -0.15) is 18.3 Å². The van der Waals surface area contributed by atoms with Gasteiger partial charge in [0, 0.05) is 36.7 Å². The number of alkyl halides is 3. The number of carbonyl (C=O) groups excluding carboxylic acids is 1. The third-order valence-electron chi connectivity index (χ3n) is 4.58. The van der Waals surface area contributed by atoms with Crippen molar-refractivity contribution in [3.05, 3.63) is 29.2 Å². The largest absolute Gasteiger partial charge is 0.433 e. The fourth-order valence-electron chi connectivity index (χ4n) is 3.28. The van der Waals surface area contributed by atoms with Crippen LogP contribution in [0.3, 0.4) is 0 Å². The Bertz CT molecular complexity index is 789. The number of carbonyl (C=O) groups is 1. The number of hydrogen-bond donors (Lipinski definition) is 0. The van der Waals surface area contributed by atoms with Gasteiger partial charge in [-0.15, -0.1) is 0 Å². The molecule has 0 saturated carbocycles. The summed E-state index contributed by atoms with van der Waals surface area (Å²) in [4.78, 5) is 18.0. The highest BCUT2D eigenvalue weighted by atomic mass is 19.4. The lowest BCUT2D eigenvalue weighted by molar-refractivity contribution is -0.142. The molecule has 1 aliphatic rings. The molecule has 25 heavy (non-hydrogen) atoms. The zero-order valence-electron chi connectivity index (χ0n) is 14.5. The topological polar surface area (TPSA) is 50.5 Å². The molecule has 0 unspecified atom stereocenters. The van der Waals surface area contributed by atoms with E-state index >= 15 is 0 Å². The molecular weight excluding hydrogens is 333 g/mol. The van der Waals surface area contributed by atoms with Crippen LogP contribution in [-0.4, -0.2) is 38.5 Å². The first kappa shape index (κ1) is 17.7. The molecule has 0 radical (unpaired) electrons. The van der Waals surface area contributed by atoms with Gasteiger partial charge in [0.1, 0.15) is 5.69 Å². The van der Waals surface area contributed by atoms with E-state index in [-0.39, 0.29) is 23.4 Å². The van der Waals surface area contributed by atoms with Crippen LogP contribution in [0.4, 0.5) is 13.2 Å². The molecule has 0 spiro atoms. The maximum absolute atomic E-state index is 13.2. The Morgan fingerprint density at radius 3 is 2.44 bits per heavy atom. The molecule has 1 fully saturated rings. The number of piperidine rings is 1. The van der Waals surface area contributed by atoms with E-state index in [9.17, 15) is 18.0 Å². The highest BCUT2D eigenvalue weighted by Crippen LogP contribution is 2.32. The molecule has 5 nitrogen and oxygen atoms in total. The van der Waals surface area contributed by atoms with Crippen molar-refractivity contribution >= 4 is 11.6 Å². The summed E-state index contributed by atoms with van der Waals surface area (Å²) in [5.74, 6) is 0.109. The van der Waals surface area contributed by atoms with Crippen LogP contribution in [-0.2, 0) is 11.0 Å². The molecule has 3 heterocycles. The summed E-state index contributed by atoms with van der Waals surface area (Å²) in [5.41, 5.74) is 0.320. The Morgan fingerprint density at radius 2 is 1.88 bits per heavy atom. The molecule has 2 aromatic rings. The van der Waals surface area contributed by atoms with Gasteiger partial charge in [-0.25, -0.2) is 9.50 Å². The lowest BCUT2D eigenvalue weighted by Crippen LogP contribution is -2.40. The number of amides is 1. The lowest BCUT2D eigenvalue weighted by Gasteiger charge is -2.32. The Kier molecular flexibility index (Phi) is 4.47. The summed E-state index contributed by atoms with van der Waals surface area (Å²) in [6, 6.07) is 2.64. The molecule has 0 bridgehead atoms. The summed E-state index contributed by atoms with van der Waals surface area (Å²) in [5, 5.41) is 4.18. The molecule has 1 saturated heterocycles. The second-order valence-corrected chi connectivity index (χ2v) is 6.87. The van der Waals surface area contributed by atoms with Crippen molar-refractivity contribution in [1.29, 1.82) is 0 Å². The van der Waals surface area contributed by atoms with Gasteiger partial charge in [-0.3, -0.25) is 4.79 Å². The summed E-state index contributed by atoms with van der Waals surface area (Å²) >= 11 is 0. The van der Waals surface area contributed by atoms with Crippen molar-refractivity contribution < 1.29 is 18.0 Å². The SMILES string of the molecule is Cc1cc(C(F)(F)F)n2nc(C3CCN(C(=O)C(C)C)CC3)cc2n1. The summed E-state index contributed by atoms with van der Waals surface area (Å²) in [7, 11) is 0. The molecule has 8 heteroatoms. The van der Waals surface area contributed by atoms with Crippen LogP contribution >= 0.6 is 0 Å². The average molecular weight is 354 g/mol. The molecule has 3 rings (SSSR count). The number of halogens is 3. The Hall–Kier alpha value is -2.12. The summed E-state index contributed by atoms with van der Waals surface area (Å²) in [6.07, 6.45) is -3.09. The smallest absolute Gasteiger partial charge is 0.342 e. The van der Waals surface area contributed by atoms with Gasteiger partial charge in [0.25, 0.3) is 0 Å². The molecule has 1 amide bonds.